The molecule has 0 atom stereocenters. The van der Waals surface area contributed by atoms with Crippen molar-refractivity contribution >= 4 is 0 Å². The lowest BCUT2D eigenvalue weighted by Gasteiger charge is -2.55. The SMILES string of the molecule is C#CC(C)(C)N1CC(CC)(CC)C1. The molecule has 1 nitrogen and oxygen atoms in total. The topological polar surface area (TPSA) is 3.24 Å². The van der Waals surface area contributed by atoms with Gasteiger partial charge in [-0.25, -0.2) is 0 Å². The Kier molecular flexibility index (Phi) is 2.73. The van der Waals surface area contributed by atoms with E-state index in [4.69, 9.17) is 6.42 Å². The Morgan fingerprint density at radius 1 is 1.31 bits per heavy atom. The van der Waals surface area contributed by atoms with Crippen LogP contribution in [0.3, 0.4) is 0 Å². The van der Waals surface area contributed by atoms with Gasteiger partial charge < -0.3 is 0 Å². The fourth-order valence-corrected chi connectivity index (χ4v) is 1.95. The summed E-state index contributed by atoms with van der Waals surface area (Å²) in [5, 5.41) is 0. The van der Waals surface area contributed by atoms with Crippen molar-refractivity contribution in [1.29, 1.82) is 0 Å². The molecular formula is C12H21N. The lowest BCUT2D eigenvalue weighted by Crippen LogP contribution is -2.62. The van der Waals surface area contributed by atoms with Crippen LogP contribution in [0.4, 0.5) is 0 Å². The quantitative estimate of drug-likeness (QED) is 0.602. The summed E-state index contributed by atoms with van der Waals surface area (Å²) in [5.74, 6) is 2.86. The van der Waals surface area contributed by atoms with Gasteiger partial charge in [-0.15, -0.1) is 6.42 Å². The minimum absolute atomic E-state index is 0.0478. The van der Waals surface area contributed by atoms with Gasteiger partial charge in [0, 0.05) is 13.1 Å². The molecule has 1 heteroatoms. The molecule has 1 heterocycles. The molecule has 0 amide bonds. The summed E-state index contributed by atoms with van der Waals surface area (Å²) in [5.41, 5.74) is 0.516. The average Bonchev–Trinajstić information content (AvgIpc) is 2.04. The first kappa shape index (κ1) is 10.6. The zero-order chi connectivity index (χ0) is 10.1. The van der Waals surface area contributed by atoms with Crippen LogP contribution in [-0.4, -0.2) is 23.5 Å². The van der Waals surface area contributed by atoms with Gasteiger partial charge in [0.15, 0.2) is 0 Å². The summed E-state index contributed by atoms with van der Waals surface area (Å²) in [4.78, 5) is 2.40. The Morgan fingerprint density at radius 2 is 1.77 bits per heavy atom. The second kappa shape index (κ2) is 3.35. The van der Waals surface area contributed by atoms with Crippen molar-refractivity contribution in [1.82, 2.24) is 4.90 Å². The van der Waals surface area contributed by atoms with Gasteiger partial charge in [-0.05, 0) is 32.1 Å². The lowest BCUT2D eigenvalue weighted by molar-refractivity contribution is -0.0494. The molecule has 1 aliphatic rings. The third-order valence-corrected chi connectivity index (χ3v) is 3.70. The molecule has 0 aromatic rings. The van der Waals surface area contributed by atoms with E-state index in [0.717, 1.165) is 0 Å². The second-order valence-corrected chi connectivity index (χ2v) is 4.77. The molecular weight excluding hydrogens is 158 g/mol. The fourth-order valence-electron chi connectivity index (χ4n) is 1.95. The monoisotopic (exact) mass is 179 g/mol. The van der Waals surface area contributed by atoms with Crippen LogP contribution < -0.4 is 0 Å². The van der Waals surface area contributed by atoms with E-state index >= 15 is 0 Å². The van der Waals surface area contributed by atoms with Gasteiger partial charge in [-0.1, -0.05) is 19.8 Å². The Hall–Kier alpha value is -0.480. The predicted octanol–water partition coefficient (Wildman–Crippen LogP) is 2.52. The number of likely N-dealkylation sites (tertiary alicyclic amines) is 1. The van der Waals surface area contributed by atoms with Crippen LogP contribution in [0.25, 0.3) is 0 Å². The highest BCUT2D eigenvalue weighted by atomic mass is 15.3. The Morgan fingerprint density at radius 3 is 2.08 bits per heavy atom. The summed E-state index contributed by atoms with van der Waals surface area (Å²) < 4.78 is 0. The molecule has 0 bridgehead atoms. The molecule has 1 aliphatic heterocycles. The third kappa shape index (κ3) is 1.74. The third-order valence-electron chi connectivity index (χ3n) is 3.70. The maximum absolute atomic E-state index is 5.50. The first-order chi connectivity index (χ1) is 5.99. The van der Waals surface area contributed by atoms with Crippen molar-refractivity contribution in [3.05, 3.63) is 0 Å². The van der Waals surface area contributed by atoms with Gasteiger partial charge in [0.2, 0.25) is 0 Å². The lowest BCUT2D eigenvalue weighted by atomic mass is 9.73. The number of terminal acetylenes is 1. The van der Waals surface area contributed by atoms with Gasteiger partial charge in [0.1, 0.15) is 0 Å². The van der Waals surface area contributed by atoms with Gasteiger partial charge in [0.05, 0.1) is 5.54 Å². The molecule has 0 N–H and O–H groups in total. The second-order valence-electron chi connectivity index (χ2n) is 4.77. The van der Waals surface area contributed by atoms with Crippen LogP contribution in [0.1, 0.15) is 40.5 Å². The Labute approximate surface area is 82.5 Å². The van der Waals surface area contributed by atoms with Gasteiger partial charge in [-0.3, -0.25) is 4.90 Å². The van der Waals surface area contributed by atoms with Crippen LogP contribution in [0, 0.1) is 17.8 Å². The van der Waals surface area contributed by atoms with Crippen molar-refractivity contribution in [2.24, 2.45) is 5.41 Å². The highest BCUT2D eigenvalue weighted by Gasteiger charge is 2.44. The summed E-state index contributed by atoms with van der Waals surface area (Å²) in [6, 6.07) is 0. The molecule has 0 spiro atoms. The van der Waals surface area contributed by atoms with Crippen LogP contribution in [-0.2, 0) is 0 Å². The van der Waals surface area contributed by atoms with Crippen LogP contribution in [0.5, 0.6) is 0 Å². The van der Waals surface area contributed by atoms with Gasteiger partial charge >= 0.3 is 0 Å². The minimum Gasteiger partial charge on any atom is -0.287 e. The van der Waals surface area contributed by atoms with Crippen LogP contribution in [0.2, 0.25) is 0 Å². The Balaban J connectivity index is 2.54. The van der Waals surface area contributed by atoms with E-state index in [2.05, 4.69) is 38.5 Å². The number of hydrogen-bond donors (Lipinski definition) is 0. The predicted molar refractivity (Wildman–Crippen MR) is 57.5 cm³/mol. The number of nitrogens with zero attached hydrogens (tertiary/aromatic N) is 1. The van der Waals surface area contributed by atoms with E-state index in [0.29, 0.717) is 5.41 Å². The fraction of sp³-hybridized carbons (Fsp3) is 0.833. The van der Waals surface area contributed by atoms with E-state index in [1.807, 2.05) is 0 Å². The first-order valence-electron chi connectivity index (χ1n) is 5.22. The summed E-state index contributed by atoms with van der Waals surface area (Å²) in [6.45, 7) is 11.2. The molecule has 0 aromatic carbocycles. The van der Waals surface area contributed by atoms with Crippen molar-refractivity contribution in [3.63, 3.8) is 0 Å². The maximum Gasteiger partial charge on any atom is 0.0766 e. The van der Waals surface area contributed by atoms with Crippen molar-refractivity contribution < 1.29 is 0 Å². The molecule has 1 rings (SSSR count). The normalized spacial score (nSPS) is 22.1. The molecule has 0 unspecified atom stereocenters. The zero-order valence-corrected chi connectivity index (χ0v) is 9.35. The molecule has 1 saturated heterocycles. The summed E-state index contributed by atoms with van der Waals surface area (Å²) in [7, 11) is 0. The molecule has 1 fully saturated rings. The van der Waals surface area contributed by atoms with Crippen molar-refractivity contribution in [2.75, 3.05) is 13.1 Å². The smallest absolute Gasteiger partial charge is 0.0766 e. The number of rotatable bonds is 3. The van der Waals surface area contributed by atoms with Gasteiger partial charge in [0.25, 0.3) is 0 Å². The summed E-state index contributed by atoms with van der Waals surface area (Å²) in [6.07, 6.45) is 8.05. The maximum atomic E-state index is 5.50. The van der Waals surface area contributed by atoms with E-state index in [1.165, 1.54) is 25.9 Å². The highest BCUT2D eigenvalue weighted by Crippen LogP contribution is 2.40. The molecule has 0 radical (unpaired) electrons. The van der Waals surface area contributed by atoms with Crippen molar-refractivity contribution in [2.45, 2.75) is 46.1 Å². The molecule has 0 saturated carbocycles. The van der Waals surface area contributed by atoms with Crippen molar-refractivity contribution in [3.8, 4) is 12.3 Å². The van der Waals surface area contributed by atoms with Crippen LogP contribution in [0.15, 0.2) is 0 Å². The molecule has 0 aromatic heterocycles. The molecule has 0 aliphatic carbocycles. The highest BCUT2D eigenvalue weighted by molar-refractivity contribution is 5.13. The molecule has 74 valence electrons. The van der Waals surface area contributed by atoms with Gasteiger partial charge in [-0.2, -0.15) is 0 Å². The number of hydrogen-bond acceptors (Lipinski definition) is 1. The standard InChI is InChI=1S/C12H21N/c1-6-11(4,5)13-9-12(7-2,8-3)10-13/h1H,7-10H2,2-5H3. The largest absolute Gasteiger partial charge is 0.287 e. The Bertz CT molecular complexity index is 210. The van der Waals surface area contributed by atoms with Crippen LogP contribution >= 0.6 is 0 Å². The van der Waals surface area contributed by atoms with E-state index in [9.17, 15) is 0 Å². The van der Waals surface area contributed by atoms with E-state index in [-0.39, 0.29) is 5.54 Å². The zero-order valence-electron chi connectivity index (χ0n) is 9.35. The minimum atomic E-state index is -0.0478. The van der Waals surface area contributed by atoms with E-state index in [1.54, 1.807) is 0 Å². The molecule has 13 heavy (non-hydrogen) atoms. The first-order valence-corrected chi connectivity index (χ1v) is 5.22. The average molecular weight is 179 g/mol. The van der Waals surface area contributed by atoms with E-state index < -0.39 is 0 Å². The summed E-state index contributed by atoms with van der Waals surface area (Å²) >= 11 is 0.